The molecule has 0 aliphatic rings. The van der Waals surface area contributed by atoms with E-state index in [1.807, 2.05) is 0 Å². The Hall–Kier alpha value is 0.747. The van der Waals surface area contributed by atoms with Crippen molar-refractivity contribution in [2.24, 2.45) is 0 Å². The number of nitrogens with one attached hydrogen (secondary N) is 1. The third-order valence-electron chi connectivity index (χ3n) is 0.327. The van der Waals surface area contributed by atoms with Crippen LogP contribution in [0.1, 0.15) is 0 Å². The summed E-state index contributed by atoms with van der Waals surface area (Å²) in [7, 11) is 0. The van der Waals surface area contributed by atoms with Gasteiger partial charge in [0.05, 0.1) is 0 Å². The molecule has 0 rings (SSSR count). The Morgan fingerprint density at radius 3 is 1.22 bits per heavy atom. The molecule has 0 aliphatic carbocycles. The molecule has 9 heavy (non-hydrogen) atoms. The minimum absolute atomic E-state index is 0.719. The van der Waals surface area contributed by atoms with E-state index in [2.05, 4.69) is 29.6 Å². The van der Waals surface area contributed by atoms with E-state index in [4.69, 9.17) is 8.12 Å². The molecule has 0 unspecified atom stereocenters. The second-order valence-electron chi connectivity index (χ2n) is 1.71. The maximum absolute atomic E-state index is 5.54. The van der Waals surface area contributed by atoms with Crippen molar-refractivity contribution >= 4 is 36.7 Å². The Morgan fingerprint density at radius 2 is 1.22 bits per heavy atom. The first-order valence-corrected chi connectivity index (χ1v) is 11.5. The summed E-state index contributed by atoms with van der Waals surface area (Å²) in [5.74, 6) is 0. The van der Waals surface area contributed by atoms with Gasteiger partial charge in [0.2, 0.25) is 0 Å². The van der Waals surface area contributed by atoms with Gasteiger partial charge in [-0.25, -0.2) is 0 Å². The molecule has 4 heteroatoms. The molecule has 0 atom stereocenters. The summed E-state index contributed by atoms with van der Waals surface area (Å²) >= 11 is -1.44. The first kappa shape index (κ1) is 12.4. The molecule has 1 N–H and O–H groups in total. The zero-order chi connectivity index (χ0) is 7.86. The summed E-state index contributed by atoms with van der Waals surface area (Å²) in [6, 6.07) is 0. The Morgan fingerprint density at radius 1 is 1.00 bits per heavy atom. The molecule has 0 saturated carbocycles. The monoisotopic (exact) mass is 255 g/mol. The van der Waals surface area contributed by atoms with E-state index in [0.717, 1.165) is 0 Å². The zero-order valence-electron chi connectivity index (χ0n) is 6.51. The topological polar surface area (TPSA) is 33.1 Å². The summed E-state index contributed by atoms with van der Waals surface area (Å²) in [5.41, 5.74) is 8.90. The average molecular weight is 255 g/mol. The maximum atomic E-state index is 5.54. The van der Waals surface area contributed by atoms with Crippen molar-refractivity contribution in [1.29, 1.82) is 5.41 Å². The van der Waals surface area contributed by atoms with Gasteiger partial charge in [0.15, 0.2) is 0 Å². The van der Waals surface area contributed by atoms with Crippen molar-refractivity contribution in [3.63, 3.8) is 0 Å². The van der Waals surface area contributed by atoms with Crippen molar-refractivity contribution in [2.75, 3.05) is 0 Å². The molecule has 0 heterocycles. The Kier molecular flexibility index (Phi) is 12.1. The van der Waals surface area contributed by atoms with E-state index in [9.17, 15) is 0 Å². The van der Waals surface area contributed by atoms with Gasteiger partial charge >= 0.3 is 55.5 Å². The minimum atomic E-state index is -0.719. The van der Waals surface area contributed by atoms with Crippen LogP contribution in [0.2, 0.25) is 22.8 Å². The first-order valence-electron chi connectivity index (χ1n) is 2.51. The average Bonchev–Trinajstić information content (AvgIpc) is 1.68. The van der Waals surface area contributed by atoms with Gasteiger partial charge in [0, 0.05) is 0 Å². The van der Waals surface area contributed by atoms with Crippen LogP contribution in [0.3, 0.4) is 0 Å². The van der Waals surface area contributed by atoms with Crippen LogP contribution in [0.15, 0.2) is 0 Å². The third kappa shape index (κ3) is 17.7. The van der Waals surface area contributed by atoms with Gasteiger partial charge in [-0.1, -0.05) is 0 Å². The van der Waals surface area contributed by atoms with Crippen LogP contribution in [0.5, 0.6) is 0 Å². The zero-order valence-corrected chi connectivity index (χ0v) is 10.3. The molecule has 0 bridgehead atoms. The molecule has 0 fully saturated rings. The van der Waals surface area contributed by atoms with Crippen molar-refractivity contribution in [1.82, 2.24) is 0 Å². The fraction of sp³-hybridized carbons (Fsp3) is 0.800. The van der Waals surface area contributed by atoms with E-state index >= 15 is 0 Å². The van der Waals surface area contributed by atoms with Crippen molar-refractivity contribution in [3.8, 4) is 0 Å². The van der Waals surface area contributed by atoms with Crippen LogP contribution in [-0.2, 0) is 2.72 Å². The fourth-order valence-electron chi connectivity index (χ4n) is 0.327. The van der Waals surface area contributed by atoms with Crippen LogP contribution in [0.4, 0.5) is 0 Å². The van der Waals surface area contributed by atoms with Crippen molar-refractivity contribution in [2.45, 2.75) is 22.8 Å². The summed E-state index contributed by atoms with van der Waals surface area (Å²) in [6.07, 6.45) is 0. The van der Waals surface area contributed by atoms with E-state index in [1.165, 1.54) is 0 Å². The SMILES string of the molecule is C=N.C[As](C)O[As](C)C. The van der Waals surface area contributed by atoms with Crippen LogP contribution in [0.25, 0.3) is 0 Å². The van der Waals surface area contributed by atoms with Gasteiger partial charge in [-0.2, -0.15) is 0 Å². The van der Waals surface area contributed by atoms with E-state index in [1.54, 1.807) is 0 Å². The predicted octanol–water partition coefficient (Wildman–Crippen LogP) is 1.77. The van der Waals surface area contributed by atoms with Gasteiger partial charge < -0.3 is 5.41 Å². The van der Waals surface area contributed by atoms with Gasteiger partial charge in [-0.15, -0.1) is 0 Å². The van der Waals surface area contributed by atoms with Crippen molar-refractivity contribution in [3.05, 3.63) is 0 Å². The molecule has 0 saturated heterocycles. The molecule has 56 valence electrons. The molecule has 0 aromatic carbocycles. The molecular weight excluding hydrogens is 240 g/mol. The quantitative estimate of drug-likeness (QED) is 0.592. The van der Waals surface area contributed by atoms with Gasteiger partial charge in [0.25, 0.3) is 0 Å². The Labute approximate surface area is 67.7 Å². The Balaban J connectivity index is 0. The molecule has 0 aromatic rings. The molecule has 0 radical (unpaired) electrons. The van der Waals surface area contributed by atoms with Crippen LogP contribution < -0.4 is 0 Å². The van der Waals surface area contributed by atoms with Gasteiger partial charge in [-0.3, -0.25) is 0 Å². The van der Waals surface area contributed by atoms with E-state index < -0.39 is 30.0 Å². The normalized spacial score (nSPS) is 9.11. The van der Waals surface area contributed by atoms with Crippen LogP contribution >= 0.6 is 0 Å². The number of hydrogen-bond donors (Lipinski definition) is 1. The van der Waals surface area contributed by atoms with Crippen molar-refractivity contribution < 1.29 is 2.72 Å². The molecule has 0 amide bonds. The second kappa shape index (κ2) is 8.75. The van der Waals surface area contributed by atoms with Crippen LogP contribution in [-0.4, -0.2) is 36.7 Å². The molecule has 2 nitrogen and oxygen atoms in total. The first-order chi connectivity index (χ1) is 4.13. The number of rotatable bonds is 2. The molecule has 0 aliphatic heterocycles. The molecule has 0 aromatic heterocycles. The van der Waals surface area contributed by atoms with Gasteiger partial charge in [-0.05, 0) is 6.72 Å². The summed E-state index contributed by atoms with van der Waals surface area (Å²) in [5, 5.41) is 5.50. The summed E-state index contributed by atoms with van der Waals surface area (Å²) in [6.45, 7) is 2.50. The Bertz CT molecular complexity index is 52.9. The fourth-order valence-corrected chi connectivity index (χ4v) is 8.82. The van der Waals surface area contributed by atoms with E-state index in [0.29, 0.717) is 0 Å². The number of hydrogen-bond acceptors (Lipinski definition) is 2. The predicted molar refractivity (Wildman–Crippen MR) is 45.9 cm³/mol. The summed E-state index contributed by atoms with van der Waals surface area (Å²) < 4.78 is 5.54. The molecule has 0 spiro atoms. The van der Waals surface area contributed by atoms with Crippen LogP contribution in [0, 0.1) is 5.41 Å². The van der Waals surface area contributed by atoms with Gasteiger partial charge in [0.1, 0.15) is 0 Å². The molecular formula is C5H15As2NO. The second-order valence-corrected chi connectivity index (χ2v) is 10.6. The standard InChI is InChI=1S/C4H12As2O.CH3N/c1-5(2)7-6(3)4;1-2/h1-4H3;2H,1H2. The third-order valence-corrected chi connectivity index (χ3v) is 8.82. The summed E-state index contributed by atoms with van der Waals surface area (Å²) in [4.78, 5) is 0. The van der Waals surface area contributed by atoms with E-state index in [-0.39, 0.29) is 0 Å².